The van der Waals surface area contributed by atoms with E-state index in [1.54, 1.807) is 6.07 Å². The van der Waals surface area contributed by atoms with E-state index in [1.165, 1.54) is 36.4 Å². The van der Waals surface area contributed by atoms with Crippen molar-refractivity contribution < 1.29 is 18.9 Å². The molecule has 3 aromatic rings. The molecule has 0 aliphatic carbocycles. The summed E-state index contributed by atoms with van der Waals surface area (Å²) >= 11 is 0. The second kappa shape index (κ2) is 6.81. The van der Waals surface area contributed by atoms with E-state index >= 15 is 0 Å². The summed E-state index contributed by atoms with van der Waals surface area (Å²) in [6, 6.07) is 9.93. The second-order valence-electron chi connectivity index (χ2n) is 6.25. The number of halogens is 2. The lowest BCUT2D eigenvalue weighted by atomic mass is 10.1. The Balaban J connectivity index is 1.84. The van der Waals surface area contributed by atoms with Gasteiger partial charge in [-0.05, 0) is 36.8 Å². The fourth-order valence-electron chi connectivity index (χ4n) is 2.88. The summed E-state index contributed by atoms with van der Waals surface area (Å²) in [5.74, 6) is 0.0744. The molecule has 3 N–H and O–H groups in total. The number of benzene rings is 2. The molecule has 1 aromatic heterocycles. The Kier molecular flexibility index (Phi) is 4.33. The van der Waals surface area contributed by atoms with Gasteiger partial charge in [0.1, 0.15) is 17.0 Å². The van der Waals surface area contributed by atoms with Gasteiger partial charge in [-0.15, -0.1) is 4.98 Å². The van der Waals surface area contributed by atoms with Crippen molar-refractivity contribution >= 4 is 28.3 Å². The molecule has 0 amide bonds. The smallest absolute Gasteiger partial charge is 0.276 e. The lowest BCUT2D eigenvalue weighted by Gasteiger charge is -2.08. The van der Waals surface area contributed by atoms with Crippen LogP contribution in [-0.4, -0.2) is 21.6 Å². The number of aliphatic hydroxyl groups excluding tert-OH is 1. The molecule has 0 saturated heterocycles. The zero-order valence-corrected chi connectivity index (χ0v) is 14.4. The molecule has 27 heavy (non-hydrogen) atoms. The van der Waals surface area contributed by atoms with E-state index in [0.29, 0.717) is 23.3 Å². The van der Waals surface area contributed by atoms with Gasteiger partial charge in [0.25, 0.3) is 11.6 Å². The van der Waals surface area contributed by atoms with Crippen molar-refractivity contribution in [1.82, 2.24) is 10.4 Å². The van der Waals surface area contributed by atoms with E-state index in [2.05, 4.69) is 25.5 Å². The van der Waals surface area contributed by atoms with Crippen LogP contribution >= 0.6 is 0 Å². The van der Waals surface area contributed by atoms with Gasteiger partial charge in [-0.25, -0.2) is 13.8 Å². The molecule has 136 valence electrons. The molecule has 0 saturated carbocycles. The molecule has 6 nitrogen and oxygen atoms in total. The molecule has 4 rings (SSSR count). The highest BCUT2D eigenvalue weighted by Gasteiger charge is 2.25. The van der Waals surface area contributed by atoms with Gasteiger partial charge in [0.2, 0.25) is 5.84 Å². The highest BCUT2D eigenvalue weighted by molar-refractivity contribution is 6.07. The monoisotopic (exact) mass is 368 g/mol. The molecule has 1 atom stereocenters. The number of nitrogens with zero attached hydrogens (tertiary/aromatic N) is 3. The maximum absolute atomic E-state index is 14.4. The molecule has 0 radical (unpaired) electrons. The summed E-state index contributed by atoms with van der Waals surface area (Å²) in [6.07, 6.45) is -0.631. The maximum Gasteiger partial charge on any atom is 0.276 e. The Bertz CT molecular complexity index is 1080. The van der Waals surface area contributed by atoms with Gasteiger partial charge in [-0.2, -0.15) is 5.10 Å². The number of aromatic amines is 1. The minimum Gasteiger partial charge on any atom is -0.377 e. The molecule has 1 unspecified atom stereocenters. The molecule has 0 spiro atoms. The Hall–Kier alpha value is -3.26. The molecule has 1 aliphatic heterocycles. The fraction of sp³-hybridized carbons (Fsp3) is 0.158. The lowest BCUT2D eigenvalue weighted by Crippen LogP contribution is -2.21. The van der Waals surface area contributed by atoms with Crippen LogP contribution in [0, 0.1) is 11.6 Å². The quantitative estimate of drug-likeness (QED) is 0.746. The third-order valence-electron chi connectivity index (χ3n) is 4.21. The first kappa shape index (κ1) is 17.2. The van der Waals surface area contributed by atoms with E-state index in [1.807, 2.05) is 6.92 Å². The van der Waals surface area contributed by atoms with Crippen molar-refractivity contribution in [1.29, 1.82) is 0 Å². The average molecular weight is 368 g/mol. The number of hydrazone groups is 1. The maximum atomic E-state index is 14.4. The topological polar surface area (TPSA) is 84.0 Å². The van der Waals surface area contributed by atoms with Crippen LogP contribution in [-0.2, 0) is 0 Å². The Morgan fingerprint density at radius 3 is 2.67 bits per heavy atom. The van der Waals surface area contributed by atoms with Gasteiger partial charge in [0.15, 0.2) is 11.6 Å². The predicted molar refractivity (Wildman–Crippen MR) is 96.7 cm³/mol. The number of rotatable bonds is 3. The summed E-state index contributed by atoms with van der Waals surface area (Å²) in [7, 11) is 0. The highest BCUT2D eigenvalue weighted by atomic mass is 19.1. The Labute approximate surface area is 153 Å². The number of amidine groups is 1. The normalized spacial score (nSPS) is 16.4. The van der Waals surface area contributed by atoms with Crippen LogP contribution in [0.5, 0.6) is 0 Å². The third-order valence-corrected chi connectivity index (χ3v) is 4.21. The average Bonchev–Trinajstić information content (AvgIpc) is 3.06. The zero-order valence-electron chi connectivity index (χ0n) is 14.4. The molecule has 0 bridgehead atoms. The zero-order chi connectivity index (χ0) is 19.0. The number of hydrogen-bond donors (Lipinski definition) is 2. The van der Waals surface area contributed by atoms with Crippen LogP contribution in [0.2, 0.25) is 0 Å². The minimum absolute atomic E-state index is 0.176. The summed E-state index contributed by atoms with van der Waals surface area (Å²) in [6.45, 7) is 1.86. The number of aromatic nitrogens is 2. The minimum atomic E-state index is -1.15. The van der Waals surface area contributed by atoms with Crippen LogP contribution in [0.3, 0.4) is 0 Å². The molecule has 0 fully saturated rings. The van der Waals surface area contributed by atoms with Gasteiger partial charge in [-0.3, -0.25) is 5.43 Å². The summed E-state index contributed by atoms with van der Waals surface area (Å²) in [5, 5.41) is 14.9. The van der Waals surface area contributed by atoms with Crippen molar-refractivity contribution in [3.63, 3.8) is 0 Å². The summed E-state index contributed by atoms with van der Waals surface area (Å²) in [4.78, 5) is 11.7. The van der Waals surface area contributed by atoms with E-state index in [4.69, 9.17) is 0 Å². The van der Waals surface area contributed by atoms with Gasteiger partial charge in [-0.1, -0.05) is 23.2 Å². The number of hydrogen-bond acceptors (Lipinski definition) is 4. The second-order valence-corrected chi connectivity index (χ2v) is 6.25. The Morgan fingerprint density at radius 2 is 1.96 bits per heavy atom. The molecular formula is C19H16F2N5O+. The SMILES string of the molecule is CC1=NNC(=Nc2[nH+]c(C(O)c3ccc(F)cc3)nc3cccc(F)c23)C1. The van der Waals surface area contributed by atoms with E-state index in [0.717, 1.165) is 5.71 Å². The first-order valence-electron chi connectivity index (χ1n) is 8.33. The predicted octanol–water partition coefficient (Wildman–Crippen LogP) is 2.81. The van der Waals surface area contributed by atoms with E-state index in [-0.39, 0.29) is 17.0 Å². The van der Waals surface area contributed by atoms with E-state index < -0.39 is 17.7 Å². The first-order chi connectivity index (χ1) is 13.0. The molecule has 2 heterocycles. The van der Waals surface area contributed by atoms with Gasteiger partial charge >= 0.3 is 0 Å². The van der Waals surface area contributed by atoms with Crippen LogP contribution in [0.4, 0.5) is 14.6 Å². The molecule has 2 aromatic carbocycles. The van der Waals surface area contributed by atoms with Crippen LogP contribution in [0.15, 0.2) is 52.6 Å². The fourth-order valence-corrected chi connectivity index (χ4v) is 2.88. The number of nitrogens with one attached hydrogen (secondary N) is 2. The van der Waals surface area contributed by atoms with Crippen molar-refractivity contribution in [3.05, 3.63) is 65.5 Å². The van der Waals surface area contributed by atoms with Crippen LogP contribution in [0.1, 0.15) is 30.8 Å². The van der Waals surface area contributed by atoms with Crippen molar-refractivity contribution in [2.24, 2.45) is 10.1 Å². The first-order valence-corrected chi connectivity index (χ1v) is 8.33. The number of aliphatic hydroxyl groups is 1. The summed E-state index contributed by atoms with van der Waals surface area (Å²) < 4.78 is 27.6. The van der Waals surface area contributed by atoms with Crippen molar-refractivity contribution in [3.8, 4) is 0 Å². The van der Waals surface area contributed by atoms with E-state index in [9.17, 15) is 13.9 Å². The van der Waals surface area contributed by atoms with Gasteiger partial charge < -0.3 is 5.11 Å². The highest BCUT2D eigenvalue weighted by Crippen LogP contribution is 2.27. The largest absolute Gasteiger partial charge is 0.377 e. The van der Waals surface area contributed by atoms with Crippen molar-refractivity contribution in [2.75, 3.05) is 0 Å². The van der Waals surface area contributed by atoms with Crippen LogP contribution in [0.25, 0.3) is 10.9 Å². The molecule has 1 aliphatic rings. The lowest BCUT2D eigenvalue weighted by molar-refractivity contribution is -0.386. The van der Waals surface area contributed by atoms with Crippen molar-refractivity contribution in [2.45, 2.75) is 19.4 Å². The van der Waals surface area contributed by atoms with Crippen LogP contribution < -0.4 is 10.4 Å². The summed E-state index contributed by atoms with van der Waals surface area (Å²) in [5.41, 5.74) is 4.46. The third kappa shape index (κ3) is 3.39. The van der Waals surface area contributed by atoms with Gasteiger partial charge in [0, 0.05) is 5.71 Å². The van der Waals surface area contributed by atoms with Gasteiger partial charge in [0.05, 0.1) is 6.42 Å². The molecular weight excluding hydrogens is 352 g/mol. The number of aliphatic imine (C=N–C) groups is 1. The Morgan fingerprint density at radius 1 is 1.19 bits per heavy atom. The number of fused-ring (bicyclic) bond motifs is 1. The number of H-pyrrole nitrogens is 1. The standard InChI is InChI=1S/C19H15F2N5O/c1-10-9-15(26-25-10)23-18-16-13(21)3-2-4-14(16)22-19(24-18)17(27)11-5-7-12(20)8-6-11/h2-8,17,27H,9H2,1H3,(H,22,23,24,26)/p+1. The molecule has 8 heteroatoms.